The predicted molar refractivity (Wildman–Crippen MR) is 72.0 cm³/mol. The van der Waals surface area contributed by atoms with Crippen LogP contribution in [0.4, 0.5) is 11.4 Å². The van der Waals surface area contributed by atoms with Gasteiger partial charge in [-0.1, -0.05) is 0 Å². The van der Waals surface area contributed by atoms with Crippen molar-refractivity contribution in [1.29, 1.82) is 5.26 Å². The number of nitrogen functional groups attached to an aromatic ring is 1. The van der Waals surface area contributed by atoms with Crippen molar-refractivity contribution in [3.05, 3.63) is 23.8 Å². The quantitative estimate of drug-likeness (QED) is 0.787. The van der Waals surface area contributed by atoms with Crippen LogP contribution in [0, 0.1) is 11.3 Å². The van der Waals surface area contributed by atoms with E-state index in [9.17, 15) is 4.79 Å². The minimum absolute atomic E-state index is 0.00725. The zero-order valence-corrected chi connectivity index (χ0v) is 10.9. The van der Waals surface area contributed by atoms with Gasteiger partial charge in [0.05, 0.1) is 5.56 Å². The number of carbonyl (C=O) groups is 1. The van der Waals surface area contributed by atoms with Crippen LogP contribution in [0.2, 0.25) is 0 Å². The zero-order valence-electron chi connectivity index (χ0n) is 10.9. The van der Waals surface area contributed by atoms with E-state index in [0.717, 1.165) is 0 Å². The Morgan fingerprint density at radius 3 is 2.83 bits per heavy atom. The fourth-order valence-electron chi connectivity index (χ4n) is 1.54. The summed E-state index contributed by atoms with van der Waals surface area (Å²) in [6, 6.07) is 6.72. The third kappa shape index (κ3) is 3.14. The maximum Gasteiger partial charge on any atom is 0.244 e. The third-order valence-electron chi connectivity index (χ3n) is 2.78. The maximum atomic E-state index is 11.9. The molecular formula is C13H18N4O. The average Bonchev–Trinajstić information content (AvgIpc) is 2.38. The summed E-state index contributed by atoms with van der Waals surface area (Å²) < 4.78 is 0. The van der Waals surface area contributed by atoms with Crippen LogP contribution in [-0.4, -0.2) is 30.4 Å². The summed E-state index contributed by atoms with van der Waals surface area (Å²) in [5, 5.41) is 11.9. The topological polar surface area (TPSA) is 82.2 Å². The van der Waals surface area contributed by atoms with Crippen LogP contribution in [0.25, 0.3) is 0 Å². The highest BCUT2D eigenvalue weighted by Crippen LogP contribution is 2.17. The molecular weight excluding hydrogens is 228 g/mol. The number of nitrogens with two attached hydrogens (primary N) is 1. The van der Waals surface area contributed by atoms with Gasteiger partial charge in [-0.15, -0.1) is 0 Å². The number of nitriles is 1. The first-order valence-electron chi connectivity index (χ1n) is 5.80. The number of rotatable bonds is 4. The summed E-state index contributed by atoms with van der Waals surface area (Å²) in [5.41, 5.74) is 7.19. The van der Waals surface area contributed by atoms with Gasteiger partial charge in [-0.25, -0.2) is 0 Å². The normalized spacial score (nSPS) is 11.4. The van der Waals surface area contributed by atoms with Crippen LogP contribution < -0.4 is 11.1 Å². The molecule has 0 spiro atoms. The van der Waals surface area contributed by atoms with E-state index in [4.69, 9.17) is 11.0 Å². The molecule has 0 aliphatic rings. The Hall–Kier alpha value is -2.22. The fourth-order valence-corrected chi connectivity index (χ4v) is 1.54. The molecule has 18 heavy (non-hydrogen) atoms. The lowest BCUT2D eigenvalue weighted by Crippen LogP contribution is -2.38. The molecule has 0 radical (unpaired) electrons. The van der Waals surface area contributed by atoms with Gasteiger partial charge in [-0.3, -0.25) is 4.79 Å². The van der Waals surface area contributed by atoms with Crippen molar-refractivity contribution >= 4 is 17.3 Å². The molecule has 0 saturated carbocycles. The molecule has 0 aliphatic heterocycles. The summed E-state index contributed by atoms with van der Waals surface area (Å²) in [7, 11) is 1.75. The lowest BCUT2D eigenvalue weighted by Gasteiger charge is -2.21. The van der Waals surface area contributed by atoms with Crippen molar-refractivity contribution in [3.63, 3.8) is 0 Å². The molecule has 1 unspecified atom stereocenters. The van der Waals surface area contributed by atoms with E-state index < -0.39 is 0 Å². The van der Waals surface area contributed by atoms with Crippen molar-refractivity contribution in [2.24, 2.45) is 0 Å². The Labute approximate surface area is 107 Å². The Morgan fingerprint density at radius 2 is 2.28 bits per heavy atom. The van der Waals surface area contributed by atoms with Crippen LogP contribution in [-0.2, 0) is 4.79 Å². The summed E-state index contributed by atoms with van der Waals surface area (Å²) in [5.74, 6) is 0.00725. The number of hydrogen-bond donors (Lipinski definition) is 2. The summed E-state index contributed by atoms with van der Waals surface area (Å²) in [6.07, 6.45) is 0. The molecule has 0 fully saturated rings. The molecule has 1 aromatic carbocycles. The smallest absolute Gasteiger partial charge is 0.244 e. The van der Waals surface area contributed by atoms with E-state index in [1.807, 2.05) is 13.0 Å². The van der Waals surface area contributed by atoms with Crippen LogP contribution in [0.5, 0.6) is 0 Å². The molecule has 1 amide bonds. The molecule has 1 atom stereocenters. The highest BCUT2D eigenvalue weighted by atomic mass is 16.2. The number of benzene rings is 1. The van der Waals surface area contributed by atoms with E-state index in [2.05, 4.69) is 5.32 Å². The number of hydrogen-bond acceptors (Lipinski definition) is 4. The Kier molecular flexibility index (Phi) is 4.55. The van der Waals surface area contributed by atoms with Crippen molar-refractivity contribution in [3.8, 4) is 6.07 Å². The van der Waals surface area contributed by atoms with Crippen molar-refractivity contribution < 1.29 is 4.79 Å². The van der Waals surface area contributed by atoms with Crippen LogP contribution >= 0.6 is 0 Å². The molecule has 0 heterocycles. The fraction of sp³-hybridized carbons (Fsp3) is 0.385. The van der Waals surface area contributed by atoms with Crippen LogP contribution in [0.15, 0.2) is 18.2 Å². The first-order valence-corrected chi connectivity index (χ1v) is 5.80. The van der Waals surface area contributed by atoms with Crippen LogP contribution in [0.1, 0.15) is 19.4 Å². The molecule has 0 aliphatic carbocycles. The number of anilines is 2. The van der Waals surface area contributed by atoms with Crippen LogP contribution in [0.3, 0.4) is 0 Å². The van der Waals surface area contributed by atoms with Gasteiger partial charge in [-0.05, 0) is 32.0 Å². The maximum absolute atomic E-state index is 11.9. The van der Waals surface area contributed by atoms with Gasteiger partial charge in [0.25, 0.3) is 0 Å². The average molecular weight is 246 g/mol. The SMILES string of the molecule is CCN(C)C(=O)C(C)Nc1ccc(N)c(C#N)c1. The van der Waals surface area contributed by atoms with Gasteiger partial charge in [0.1, 0.15) is 12.1 Å². The summed E-state index contributed by atoms with van der Waals surface area (Å²) >= 11 is 0. The number of nitrogens with zero attached hydrogens (tertiary/aromatic N) is 2. The lowest BCUT2D eigenvalue weighted by atomic mass is 10.1. The standard InChI is InChI=1S/C13H18N4O/c1-4-17(3)13(18)9(2)16-11-5-6-12(15)10(7-11)8-14/h5-7,9,16H,4,15H2,1-3H3. The second kappa shape index (κ2) is 5.92. The van der Waals surface area contributed by atoms with Gasteiger partial charge in [0, 0.05) is 25.0 Å². The van der Waals surface area contributed by atoms with Gasteiger partial charge in [-0.2, -0.15) is 5.26 Å². The number of likely N-dealkylation sites (N-methyl/N-ethyl adjacent to an activating group) is 1. The monoisotopic (exact) mass is 246 g/mol. The first-order chi connectivity index (χ1) is 8.49. The van der Waals surface area contributed by atoms with E-state index in [1.54, 1.807) is 37.1 Å². The minimum atomic E-state index is -0.342. The second-order valence-electron chi connectivity index (χ2n) is 4.13. The van der Waals surface area contributed by atoms with Gasteiger partial charge in [0.15, 0.2) is 0 Å². The van der Waals surface area contributed by atoms with Gasteiger partial charge < -0.3 is 16.0 Å². The molecule has 5 heteroatoms. The molecule has 5 nitrogen and oxygen atoms in total. The summed E-state index contributed by atoms with van der Waals surface area (Å²) in [6.45, 7) is 4.37. The highest BCUT2D eigenvalue weighted by molar-refractivity contribution is 5.84. The Bertz CT molecular complexity index is 478. The van der Waals surface area contributed by atoms with E-state index in [-0.39, 0.29) is 11.9 Å². The molecule has 1 aromatic rings. The minimum Gasteiger partial charge on any atom is -0.398 e. The Morgan fingerprint density at radius 1 is 1.61 bits per heavy atom. The lowest BCUT2D eigenvalue weighted by molar-refractivity contribution is -0.130. The molecule has 0 aromatic heterocycles. The molecule has 0 bridgehead atoms. The Balaban J connectivity index is 2.80. The highest BCUT2D eigenvalue weighted by Gasteiger charge is 2.16. The van der Waals surface area contributed by atoms with Crippen molar-refractivity contribution in [2.45, 2.75) is 19.9 Å². The molecule has 96 valence electrons. The number of nitrogens with one attached hydrogen (secondary N) is 1. The first kappa shape index (κ1) is 13.8. The zero-order chi connectivity index (χ0) is 13.7. The third-order valence-corrected chi connectivity index (χ3v) is 2.78. The van der Waals surface area contributed by atoms with E-state index >= 15 is 0 Å². The van der Waals surface area contributed by atoms with Crippen molar-refractivity contribution in [2.75, 3.05) is 24.6 Å². The van der Waals surface area contributed by atoms with E-state index in [1.165, 1.54) is 0 Å². The largest absolute Gasteiger partial charge is 0.398 e. The molecule has 0 saturated heterocycles. The van der Waals surface area contributed by atoms with Crippen molar-refractivity contribution in [1.82, 2.24) is 4.90 Å². The molecule has 1 rings (SSSR count). The number of carbonyl (C=O) groups excluding carboxylic acids is 1. The predicted octanol–water partition coefficient (Wildman–Crippen LogP) is 1.42. The van der Waals surface area contributed by atoms with Gasteiger partial charge in [0.2, 0.25) is 5.91 Å². The summed E-state index contributed by atoms with van der Waals surface area (Å²) in [4.78, 5) is 13.5. The molecule has 3 N–H and O–H groups in total. The second-order valence-corrected chi connectivity index (χ2v) is 4.13. The van der Waals surface area contributed by atoms with E-state index in [0.29, 0.717) is 23.5 Å². The number of amides is 1. The van der Waals surface area contributed by atoms with Gasteiger partial charge >= 0.3 is 0 Å².